The highest BCUT2D eigenvalue weighted by molar-refractivity contribution is 7.07. The van der Waals surface area contributed by atoms with Crippen molar-refractivity contribution in [2.75, 3.05) is 19.7 Å². The summed E-state index contributed by atoms with van der Waals surface area (Å²) in [5.41, 5.74) is 2.83. The Hall–Kier alpha value is -3.59. The molecule has 0 saturated carbocycles. The van der Waals surface area contributed by atoms with Crippen LogP contribution in [0.5, 0.6) is 0 Å². The van der Waals surface area contributed by atoms with E-state index in [0.29, 0.717) is 55.0 Å². The molecule has 1 aliphatic heterocycles. The smallest absolute Gasteiger partial charge is 0.309 e. The van der Waals surface area contributed by atoms with Crippen molar-refractivity contribution in [1.82, 2.24) is 9.47 Å². The second kappa shape index (κ2) is 11.4. The van der Waals surface area contributed by atoms with Crippen molar-refractivity contribution in [3.63, 3.8) is 0 Å². The highest BCUT2D eigenvalue weighted by Gasteiger charge is 2.28. The van der Waals surface area contributed by atoms with Crippen molar-refractivity contribution in [3.05, 3.63) is 86.9 Å². The topological polar surface area (TPSA) is 81.0 Å². The molecule has 1 fully saturated rings. The molecule has 7 nitrogen and oxygen atoms in total. The Morgan fingerprint density at radius 1 is 1.03 bits per heavy atom. The Balaban J connectivity index is 1.42. The number of nitrogens with zero attached hydrogens (tertiary/aromatic N) is 3. The van der Waals surface area contributed by atoms with Crippen LogP contribution in [0.1, 0.15) is 51.7 Å². The van der Waals surface area contributed by atoms with Crippen LogP contribution in [-0.2, 0) is 16.1 Å². The number of hydrogen-bond donors (Lipinski definition) is 0. The molecule has 36 heavy (non-hydrogen) atoms. The summed E-state index contributed by atoms with van der Waals surface area (Å²) in [7, 11) is 0. The number of ether oxygens (including phenoxy) is 1. The van der Waals surface area contributed by atoms with Crippen molar-refractivity contribution in [3.8, 4) is 0 Å². The maximum Gasteiger partial charge on any atom is 0.309 e. The average molecular weight is 510 g/mol. The van der Waals surface area contributed by atoms with Crippen molar-refractivity contribution < 1.29 is 23.5 Å². The van der Waals surface area contributed by atoms with Crippen LogP contribution in [0.3, 0.4) is 0 Å². The molecule has 0 atom stereocenters. The fourth-order valence-electron chi connectivity index (χ4n) is 4.14. The van der Waals surface area contributed by atoms with Gasteiger partial charge < -0.3 is 14.2 Å². The minimum atomic E-state index is -0.432. The molecule has 0 spiro atoms. The lowest BCUT2D eigenvalue weighted by atomic mass is 9.96. The van der Waals surface area contributed by atoms with E-state index < -0.39 is 11.7 Å². The molecule has 2 heterocycles. The van der Waals surface area contributed by atoms with Crippen molar-refractivity contribution in [2.24, 2.45) is 10.9 Å². The zero-order chi connectivity index (χ0) is 25.7. The van der Waals surface area contributed by atoms with Crippen molar-refractivity contribution in [1.29, 1.82) is 0 Å². The van der Waals surface area contributed by atoms with E-state index in [1.807, 2.05) is 29.0 Å². The predicted octanol–water partition coefficient (Wildman–Crippen LogP) is 4.20. The summed E-state index contributed by atoms with van der Waals surface area (Å²) in [6, 6.07) is 12.7. The van der Waals surface area contributed by atoms with E-state index in [2.05, 4.69) is 4.99 Å². The third-order valence-corrected chi connectivity index (χ3v) is 7.21. The number of halogens is 1. The number of rotatable bonds is 6. The molecule has 0 aliphatic carbocycles. The van der Waals surface area contributed by atoms with Gasteiger partial charge in [-0.15, -0.1) is 11.3 Å². The monoisotopic (exact) mass is 509 g/mol. The average Bonchev–Trinajstić information content (AvgIpc) is 3.23. The minimum absolute atomic E-state index is 0.0520. The first kappa shape index (κ1) is 25.5. The van der Waals surface area contributed by atoms with Crippen LogP contribution < -0.4 is 4.80 Å². The molecule has 0 bridgehead atoms. The van der Waals surface area contributed by atoms with Crippen LogP contribution in [0.25, 0.3) is 0 Å². The molecule has 1 aliphatic rings. The quantitative estimate of drug-likeness (QED) is 0.467. The zero-order valence-electron chi connectivity index (χ0n) is 20.3. The summed E-state index contributed by atoms with van der Waals surface area (Å²) in [4.78, 5) is 44.0. The fourth-order valence-corrected chi connectivity index (χ4v) is 5.01. The van der Waals surface area contributed by atoms with Crippen molar-refractivity contribution >= 4 is 29.1 Å². The number of carbonyl (C=O) groups excluding carboxylic acids is 3. The SMILES string of the molecule is CCOC(=O)C1CCN(C(=O)c2ccc(Cn3c(C)csc3=NC(=O)c3ccc(F)cc3)cc2)CC1. The molecule has 1 saturated heterocycles. The zero-order valence-corrected chi connectivity index (χ0v) is 21.1. The molecule has 0 unspecified atom stereocenters. The summed E-state index contributed by atoms with van der Waals surface area (Å²) >= 11 is 1.36. The van der Waals surface area contributed by atoms with Crippen LogP contribution >= 0.6 is 11.3 Å². The van der Waals surface area contributed by atoms with Gasteiger partial charge in [0.05, 0.1) is 19.1 Å². The van der Waals surface area contributed by atoms with Gasteiger partial charge in [-0.1, -0.05) is 12.1 Å². The standard InChI is InChI=1S/C27H28FN3O4S/c1-3-35-26(34)22-12-14-30(15-13-22)25(33)21-6-4-19(5-7-21)16-31-18(2)17-36-27(31)29-24(32)20-8-10-23(28)11-9-20/h4-11,17,22H,3,12-16H2,1-2H3. The molecule has 188 valence electrons. The van der Waals surface area contributed by atoms with E-state index in [1.165, 1.54) is 35.6 Å². The number of thiazole rings is 1. The predicted molar refractivity (Wildman–Crippen MR) is 134 cm³/mol. The molecule has 0 radical (unpaired) electrons. The first-order chi connectivity index (χ1) is 17.4. The minimum Gasteiger partial charge on any atom is -0.466 e. The first-order valence-corrected chi connectivity index (χ1v) is 12.8. The lowest BCUT2D eigenvalue weighted by Gasteiger charge is -2.31. The van der Waals surface area contributed by atoms with Gasteiger partial charge in [-0.05, 0) is 68.7 Å². The van der Waals surface area contributed by atoms with E-state index in [0.717, 1.165) is 11.3 Å². The molecule has 0 N–H and O–H groups in total. The molecule has 9 heteroatoms. The van der Waals surface area contributed by atoms with Gasteiger partial charge in [0, 0.05) is 35.3 Å². The van der Waals surface area contributed by atoms with Gasteiger partial charge >= 0.3 is 5.97 Å². The maximum absolute atomic E-state index is 13.2. The summed E-state index contributed by atoms with van der Waals surface area (Å²) in [5, 5.41) is 1.93. The maximum atomic E-state index is 13.2. The van der Waals surface area contributed by atoms with Crippen LogP contribution in [0.15, 0.2) is 58.9 Å². The number of carbonyl (C=O) groups is 3. The van der Waals surface area contributed by atoms with Crippen LogP contribution in [-0.4, -0.2) is 46.9 Å². The number of amides is 2. The Morgan fingerprint density at radius 2 is 1.67 bits per heavy atom. The number of aromatic nitrogens is 1. The highest BCUT2D eigenvalue weighted by atomic mass is 32.1. The normalized spacial score (nSPS) is 14.6. The number of aryl methyl sites for hydroxylation is 1. The van der Waals surface area contributed by atoms with Gasteiger partial charge in [0.25, 0.3) is 11.8 Å². The molecule has 3 aromatic rings. The second-order valence-corrected chi connectivity index (χ2v) is 9.52. The van der Waals surface area contributed by atoms with Gasteiger partial charge in [0.2, 0.25) is 0 Å². The van der Waals surface area contributed by atoms with Gasteiger partial charge in [-0.2, -0.15) is 4.99 Å². The number of likely N-dealkylation sites (tertiary alicyclic amines) is 1. The summed E-state index contributed by atoms with van der Waals surface area (Å²) in [6.45, 7) is 5.65. The van der Waals surface area contributed by atoms with Crippen LogP contribution in [0.4, 0.5) is 4.39 Å². The van der Waals surface area contributed by atoms with E-state index in [4.69, 9.17) is 4.74 Å². The number of esters is 1. The lowest BCUT2D eigenvalue weighted by Crippen LogP contribution is -2.40. The number of hydrogen-bond acceptors (Lipinski definition) is 5. The van der Waals surface area contributed by atoms with Gasteiger partial charge in [0.15, 0.2) is 4.80 Å². The van der Waals surface area contributed by atoms with Crippen LogP contribution in [0, 0.1) is 18.7 Å². The fraction of sp³-hybridized carbons (Fsp3) is 0.333. The van der Waals surface area contributed by atoms with Crippen LogP contribution in [0.2, 0.25) is 0 Å². The summed E-state index contributed by atoms with van der Waals surface area (Å²) < 4.78 is 20.2. The summed E-state index contributed by atoms with van der Waals surface area (Å²) in [5.74, 6) is -1.21. The lowest BCUT2D eigenvalue weighted by molar-refractivity contribution is -0.149. The Morgan fingerprint density at radius 3 is 2.31 bits per heavy atom. The Bertz CT molecular complexity index is 1300. The number of benzene rings is 2. The third-order valence-electron chi connectivity index (χ3n) is 6.22. The van der Waals surface area contributed by atoms with Crippen molar-refractivity contribution in [2.45, 2.75) is 33.2 Å². The molecular weight excluding hydrogens is 481 g/mol. The molecular formula is C27H28FN3O4S. The van der Waals surface area contributed by atoms with E-state index in [1.54, 1.807) is 24.0 Å². The molecule has 2 amide bonds. The van der Waals surface area contributed by atoms with Gasteiger partial charge in [-0.3, -0.25) is 14.4 Å². The first-order valence-electron chi connectivity index (χ1n) is 11.9. The number of piperidine rings is 1. The Kier molecular flexibility index (Phi) is 8.10. The molecule has 4 rings (SSSR count). The molecule has 2 aromatic carbocycles. The van der Waals surface area contributed by atoms with Gasteiger partial charge in [-0.25, -0.2) is 4.39 Å². The van der Waals surface area contributed by atoms with Gasteiger partial charge in [0.1, 0.15) is 5.82 Å². The molecule has 1 aromatic heterocycles. The Labute approximate surface area is 212 Å². The van der Waals surface area contributed by atoms with E-state index in [9.17, 15) is 18.8 Å². The second-order valence-electron chi connectivity index (χ2n) is 8.69. The van der Waals surface area contributed by atoms with E-state index >= 15 is 0 Å². The van der Waals surface area contributed by atoms with E-state index in [-0.39, 0.29) is 17.8 Å². The highest BCUT2D eigenvalue weighted by Crippen LogP contribution is 2.21. The summed E-state index contributed by atoms with van der Waals surface area (Å²) in [6.07, 6.45) is 1.22. The largest absolute Gasteiger partial charge is 0.466 e. The third kappa shape index (κ3) is 5.96.